The van der Waals surface area contributed by atoms with Crippen LogP contribution in [0.25, 0.3) is 17.2 Å². The molecule has 2 aromatic carbocycles. The number of nitrogens with two attached hydrogens (primary N) is 1. The highest BCUT2D eigenvalue weighted by atomic mass is 32.2. The summed E-state index contributed by atoms with van der Waals surface area (Å²) < 4.78 is 0. The summed E-state index contributed by atoms with van der Waals surface area (Å²) in [5.74, 6) is 1.38. The highest BCUT2D eigenvalue weighted by molar-refractivity contribution is 7.98. The standard InChI is InChI=1S/C21H21N3O2S/c1-27-7-6-23-19-10-15(3-5-18(19)13-26)16-2-4-17-8-14(12-25)9-21(22)24-20(17)11-16/h2-5,8,10-13,23H,6-7,9H2,1H3,(H2,22,24). The highest BCUT2D eigenvalue weighted by Crippen LogP contribution is 2.32. The van der Waals surface area contributed by atoms with Crippen molar-refractivity contribution in [2.45, 2.75) is 6.42 Å². The maximum absolute atomic E-state index is 11.3. The SMILES string of the molecule is CSCCNc1cc(-c2ccc3c(c2)N=C(N)CC(C=O)=C3)ccc1C=O. The number of hydrogen-bond acceptors (Lipinski definition) is 6. The number of rotatable bonds is 7. The molecule has 27 heavy (non-hydrogen) atoms. The Bertz CT molecular complexity index is 935. The molecule has 3 rings (SSSR count). The minimum absolute atomic E-state index is 0.352. The zero-order chi connectivity index (χ0) is 19.2. The van der Waals surface area contributed by atoms with E-state index in [4.69, 9.17) is 5.73 Å². The molecule has 1 heterocycles. The summed E-state index contributed by atoms with van der Waals surface area (Å²) in [5, 5.41) is 3.32. The summed E-state index contributed by atoms with van der Waals surface area (Å²) in [4.78, 5) is 26.9. The second-order valence-electron chi connectivity index (χ2n) is 6.23. The fourth-order valence-electron chi connectivity index (χ4n) is 2.95. The van der Waals surface area contributed by atoms with Crippen LogP contribution in [-0.4, -0.2) is 37.0 Å². The van der Waals surface area contributed by atoms with Crippen LogP contribution in [0.1, 0.15) is 22.3 Å². The van der Waals surface area contributed by atoms with Gasteiger partial charge in [-0.05, 0) is 41.7 Å². The Labute approximate surface area is 162 Å². The lowest BCUT2D eigenvalue weighted by molar-refractivity contribution is -0.104. The van der Waals surface area contributed by atoms with Crippen LogP contribution in [0.3, 0.4) is 0 Å². The highest BCUT2D eigenvalue weighted by Gasteiger charge is 2.12. The van der Waals surface area contributed by atoms with Crippen molar-refractivity contribution < 1.29 is 9.59 Å². The minimum Gasteiger partial charge on any atom is -0.387 e. The summed E-state index contributed by atoms with van der Waals surface area (Å²) in [5.41, 5.74) is 11.5. The molecule has 0 fully saturated rings. The van der Waals surface area contributed by atoms with Crippen molar-refractivity contribution in [3.63, 3.8) is 0 Å². The summed E-state index contributed by atoms with van der Waals surface area (Å²) in [7, 11) is 0. The maximum Gasteiger partial charge on any atom is 0.152 e. The Morgan fingerprint density at radius 3 is 2.67 bits per heavy atom. The molecule has 138 valence electrons. The maximum atomic E-state index is 11.3. The van der Waals surface area contributed by atoms with Crippen molar-refractivity contribution >= 4 is 47.6 Å². The van der Waals surface area contributed by atoms with Crippen molar-refractivity contribution in [1.29, 1.82) is 0 Å². The van der Waals surface area contributed by atoms with Crippen LogP contribution < -0.4 is 11.1 Å². The third-order valence-corrected chi connectivity index (χ3v) is 4.92. The average Bonchev–Trinajstić information content (AvgIpc) is 2.85. The second kappa shape index (κ2) is 8.68. The van der Waals surface area contributed by atoms with Crippen LogP contribution in [0.4, 0.5) is 11.4 Å². The van der Waals surface area contributed by atoms with Crippen molar-refractivity contribution in [2.24, 2.45) is 10.7 Å². The summed E-state index contributed by atoms with van der Waals surface area (Å²) >= 11 is 1.75. The number of amidine groups is 1. The van der Waals surface area contributed by atoms with E-state index in [1.165, 1.54) is 0 Å². The van der Waals surface area contributed by atoms with Gasteiger partial charge < -0.3 is 11.1 Å². The summed E-state index contributed by atoms with van der Waals surface area (Å²) in [6.45, 7) is 0.787. The number of aliphatic imine (C=N–C) groups is 1. The normalized spacial score (nSPS) is 13.1. The quantitative estimate of drug-likeness (QED) is 0.563. The lowest BCUT2D eigenvalue weighted by atomic mass is 9.99. The molecule has 0 radical (unpaired) electrons. The molecule has 0 amide bonds. The van der Waals surface area contributed by atoms with Crippen LogP contribution in [0.5, 0.6) is 0 Å². The van der Waals surface area contributed by atoms with Crippen molar-refractivity contribution in [3.05, 3.63) is 53.1 Å². The molecule has 0 aromatic heterocycles. The van der Waals surface area contributed by atoms with Crippen LogP contribution in [-0.2, 0) is 4.79 Å². The van der Waals surface area contributed by atoms with Crippen LogP contribution >= 0.6 is 11.8 Å². The molecule has 3 N–H and O–H groups in total. The zero-order valence-electron chi connectivity index (χ0n) is 15.1. The van der Waals surface area contributed by atoms with Crippen LogP contribution in [0.15, 0.2) is 47.0 Å². The Balaban J connectivity index is 1.99. The molecule has 0 unspecified atom stereocenters. The molecular formula is C21H21N3O2S. The van der Waals surface area contributed by atoms with E-state index in [2.05, 4.69) is 10.3 Å². The number of anilines is 1. The smallest absolute Gasteiger partial charge is 0.152 e. The molecule has 0 atom stereocenters. The fraction of sp³-hybridized carbons (Fsp3) is 0.190. The monoisotopic (exact) mass is 379 g/mol. The van der Waals surface area contributed by atoms with Gasteiger partial charge in [0.05, 0.1) is 5.69 Å². The Morgan fingerprint density at radius 1 is 1.15 bits per heavy atom. The van der Waals surface area contributed by atoms with E-state index in [1.807, 2.05) is 48.7 Å². The second-order valence-corrected chi connectivity index (χ2v) is 7.22. The number of hydrogen-bond donors (Lipinski definition) is 2. The molecule has 2 aromatic rings. The first-order valence-electron chi connectivity index (χ1n) is 8.60. The molecule has 6 heteroatoms. The molecule has 1 aliphatic heterocycles. The first kappa shape index (κ1) is 18.9. The van der Waals surface area contributed by atoms with E-state index in [0.717, 1.165) is 52.9 Å². The van der Waals surface area contributed by atoms with Gasteiger partial charge in [0.1, 0.15) is 12.1 Å². The van der Waals surface area contributed by atoms with Crippen LogP contribution in [0.2, 0.25) is 0 Å². The van der Waals surface area contributed by atoms with Gasteiger partial charge in [-0.2, -0.15) is 11.8 Å². The molecule has 0 bridgehead atoms. The number of fused-ring (bicyclic) bond motifs is 1. The van der Waals surface area contributed by atoms with Gasteiger partial charge in [0.15, 0.2) is 6.29 Å². The molecule has 0 spiro atoms. The van der Waals surface area contributed by atoms with E-state index < -0.39 is 0 Å². The van der Waals surface area contributed by atoms with Gasteiger partial charge >= 0.3 is 0 Å². The third kappa shape index (κ3) is 4.46. The Kier molecular flexibility index (Phi) is 6.08. The topological polar surface area (TPSA) is 84.5 Å². The zero-order valence-corrected chi connectivity index (χ0v) is 15.9. The van der Waals surface area contributed by atoms with E-state index in [9.17, 15) is 9.59 Å². The number of carbonyl (C=O) groups excluding carboxylic acids is 2. The van der Waals surface area contributed by atoms with Crippen molar-refractivity contribution in [3.8, 4) is 11.1 Å². The van der Waals surface area contributed by atoms with Gasteiger partial charge in [-0.25, -0.2) is 4.99 Å². The van der Waals surface area contributed by atoms with Crippen molar-refractivity contribution in [1.82, 2.24) is 0 Å². The minimum atomic E-state index is 0.352. The van der Waals surface area contributed by atoms with Gasteiger partial charge in [-0.15, -0.1) is 0 Å². The van der Waals surface area contributed by atoms with E-state index in [1.54, 1.807) is 11.8 Å². The number of nitrogens with one attached hydrogen (secondary N) is 1. The fourth-order valence-corrected chi connectivity index (χ4v) is 3.26. The number of aldehydes is 2. The number of nitrogens with zero attached hydrogens (tertiary/aromatic N) is 1. The van der Waals surface area contributed by atoms with E-state index in [0.29, 0.717) is 23.4 Å². The molecule has 5 nitrogen and oxygen atoms in total. The molecule has 0 aliphatic carbocycles. The van der Waals surface area contributed by atoms with Crippen molar-refractivity contribution in [2.75, 3.05) is 23.9 Å². The first-order chi connectivity index (χ1) is 13.1. The largest absolute Gasteiger partial charge is 0.387 e. The first-order valence-corrected chi connectivity index (χ1v) is 9.99. The molecule has 0 saturated heterocycles. The van der Waals surface area contributed by atoms with Gasteiger partial charge in [0, 0.05) is 41.1 Å². The Morgan fingerprint density at radius 2 is 1.93 bits per heavy atom. The summed E-state index contributed by atoms with van der Waals surface area (Å²) in [6, 6.07) is 11.6. The number of benzene rings is 2. The lowest BCUT2D eigenvalue weighted by Crippen LogP contribution is -2.11. The molecular weight excluding hydrogens is 358 g/mol. The lowest BCUT2D eigenvalue weighted by Gasteiger charge is -2.12. The third-order valence-electron chi connectivity index (χ3n) is 4.31. The number of carbonyl (C=O) groups is 2. The van der Waals surface area contributed by atoms with Gasteiger partial charge in [-0.1, -0.05) is 18.2 Å². The van der Waals surface area contributed by atoms with Crippen LogP contribution in [0, 0.1) is 0 Å². The molecule has 0 saturated carbocycles. The summed E-state index contributed by atoms with van der Waals surface area (Å²) in [6.07, 6.45) is 5.89. The van der Waals surface area contributed by atoms with E-state index in [-0.39, 0.29) is 0 Å². The van der Waals surface area contributed by atoms with Gasteiger partial charge in [0.2, 0.25) is 0 Å². The van der Waals surface area contributed by atoms with Gasteiger partial charge in [-0.3, -0.25) is 9.59 Å². The predicted molar refractivity (Wildman–Crippen MR) is 114 cm³/mol. The number of thioether (sulfide) groups is 1. The van der Waals surface area contributed by atoms with E-state index >= 15 is 0 Å². The van der Waals surface area contributed by atoms with Gasteiger partial charge in [0.25, 0.3) is 0 Å². The predicted octanol–water partition coefficient (Wildman–Crippen LogP) is 3.92. The Hall–Kier alpha value is -2.86. The molecule has 1 aliphatic rings. The average molecular weight is 379 g/mol.